The smallest absolute Gasteiger partial charge is 0.0351 e. The number of hydrogen-bond acceptors (Lipinski definition) is 1. The van der Waals surface area contributed by atoms with Crippen molar-refractivity contribution < 1.29 is 0 Å². The Bertz CT molecular complexity index is 705. The van der Waals surface area contributed by atoms with Crippen molar-refractivity contribution in [2.24, 2.45) is 0 Å². The first kappa shape index (κ1) is 14.5. The highest BCUT2D eigenvalue weighted by Crippen LogP contribution is 2.40. The second-order valence-electron chi connectivity index (χ2n) is 6.72. The molecule has 23 heavy (non-hydrogen) atoms. The summed E-state index contributed by atoms with van der Waals surface area (Å²) >= 11 is 0. The molecule has 0 amide bonds. The number of nitrogens with zero attached hydrogens (tertiary/aromatic N) is 1. The van der Waals surface area contributed by atoms with E-state index in [2.05, 4.69) is 53.1 Å². The lowest BCUT2D eigenvalue weighted by atomic mass is 10.0. The van der Waals surface area contributed by atoms with Gasteiger partial charge in [0.05, 0.1) is 0 Å². The van der Waals surface area contributed by atoms with E-state index in [1.54, 1.807) is 0 Å². The first-order valence-corrected chi connectivity index (χ1v) is 8.83. The zero-order valence-corrected chi connectivity index (χ0v) is 13.5. The summed E-state index contributed by atoms with van der Waals surface area (Å²) in [6, 6.07) is 20.6. The highest BCUT2D eigenvalue weighted by molar-refractivity contribution is 5.43. The van der Waals surface area contributed by atoms with Crippen LogP contribution in [0.1, 0.15) is 54.8 Å². The van der Waals surface area contributed by atoms with Crippen LogP contribution in [0.15, 0.2) is 54.6 Å². The Morgan fingerprint density at radius 2 is 1.48 bits per heavy atom. The molecule has 2 fully saturated rings. The van der Waals surface area contributed by atoms with E-state index in [1.165, 1.54) is 44.2 Å². The van der Waals surface area contributed by atoms with E-state index in [0.29, 0.717) is 6.04 Å². The van der Waals surface area contributed by atoms with E-state index in [-0.39, 0.29) is 0 Å². The summed E-state index contributed by atoms with van der Waals surface area (Å²) in [5, 5.41) is 0. The molecule has 2 heterocycles. The monoisotopic (exact) mass is 301 g/mol. The molecule has 2 aromatic carbocycles. The number of hydrogen-bond donors (Lipinski definition) is 0. The van der Waals surface area contributed by atoms with Crippen LogP contribution in [0.25, 0.3) is 0 Å². The molecule has 0 aromatic heterocycles. The molecule has 0 radical (unpaired) electrons. The molecule has 2 atom stereocenters. The van der Waals surface area contributed by atoms with Crippen LogP contribution in [-0.4, -0.2) is 17.5 Å². The molecule has 0 spiro atoms. The Balaban J connectivity index is 1.49. The van der Waals surface area contributed by atoms with Crippen molar-refractivity contribution in [1.82, 2.24) is 4.90 Å². The van der Waals surface area contributed by atoms with E-state index in [9.17, 15) is 0 Å². The van der Waals surface area contributed by atoms with Crippen LogP contribution in [0, 0.1) is 11.8 Å². The quantitative estimate of drug-likeness (QED) is 0.685. The molecule has 1 nitrogen and oxygen atoms in total. The Labute approximate surface area is 139 Å². The van der Waals surface area contributed by atoms with Crippen LogP contribution >= 0.6 is 0 Å². The van der Waals surface area contributed by atoms with E-state index in [1.807, 2.05) is 18.2 Å². The average molecular weight is 301 g/mol. The maximum Gasteiger partial charge on any atom is 0.0351 e. The number of benzene rings is 2. The minimum absolute atomic E-state index is 0.636. The second-order valence-corrected chi connectivity index (χ2v) is 6.72. The van der Waals surface area contributed by atoms with Gasteiger partial charge in [-0.05, 0) is 62.1 Å². The summed E-state index contributed by atoms with van der Waals surface area (Å²) in [6.45, 7) is 1.28. The molecule has 0 bridgehead atoms. The van der Waals surface area contributed by atoms with Gasteiger partial charge in [0, 0.05) is 23.2 Å². The van der Waals surface area contributed by atoms with Gasteiger partial charge >= 0.3 is 0 Å². The minimum Gasteiger partial charge on any atom is -0.293 e. The first-order valence-electron chi connectivity index (χ1n) is 8.83. The summed E-state index contributed by atoms with van der Waals surface area (Å²) < 4.78 is 0. The largest absolute Gasteiger partial charge is 0.293 e. The fourth-order valence-electron chi connectivity index (χ4n) is 4.07. The normalized spacial score (nSPS) is 23.8. The lowest BCUT2D eigenvalue weighted by Crippen LogP contribution is -2.35. The highest BCUT2D eigenvalue weighted by Gasteiger charge is 2.35. The Hall–Kier alpha value is -2.04. The molecule has 0 saturated carbocycles. The van der Waals surface area contributed by atoms with Gasteiger partial charge in [0.25, 0.3) is 0 Å². The highest BCUT2D eigenvalue weighted by atomic mass is 15.2. The molecule has 0 aliphatic carbocycles. The van der Waals surface area contributed by atoms with E-state index in [0.717, 1.165) is 17.2 Å². The van der Waals surface area contributed by atoms with Gasteiger partial charge in [-0.1, -0.05) is 48.6 Å². The van der Waals surface area contributed by atoms with Crippen molar-refractivity contribution >= 4 is 0 Å². The lowest BCUT2D eigenvalue weighted by Gasteiger charge is -2.34. The van der Waals surface area contributed by atoms with Gasteiger partial charge in [-0.2, -0.15) is 0 Å². The minimum atomic E-state index is 0.636. The SMILES string of the molecule is C(#Cc1ccc([C@@H]2CC[C@H]3CCCCN32)cc1)c1ccccc1. The van der Waals surface area contributed by atoms with Gasteiger partial charge in [0.15, 0.2) is 0 Å². The third-order valence-corrected chi connectivity index (χ3v) is 5.27. The zero-order chi connectivity index (χ0) is 15.5. The van der Waals surface area contributed by atoms with Gasteiger partial charge in [-0.15, -0.1) is 0 Å². The molecule has 4 rings (SSSR count). The maximum absolute atomic E-state index is 3.27. The van der Waals surface area contributed by atoms with Gasteiger partial charge in [0.2, 0.25) is 0 Å². The summed E-state index contributed by atoms with van der Waals surface area (Å²) in [5.74, 6) is 6.51. The number of fused-ring (bicyclic) bond motifs is 1. The van der Waals surface area contributed by atoms with Crippen LogP contribution in [0.2, 0.25) is 0 Å². The maximum atomic E-state index is 3.27. The van der Waals surface area contributed by atoms with Crippen LogP contribution in [0.3, 0.4) is 0 Å². The van der Waals surface area contributed by atoms with Crippen LogP contribution in [0.4, 0.5) is 0 Å². The molecule has 2 saturated heterocycles. The summed E-state index contributed by atoms with van der Waals surface area (Å²) in [7, 11) is 0. The summed E-state index contributed by atoms with van der Waals surface area (Å²) in [4.78, 5) is 2.74. The van der Waals surface area contributed by atoms with Crippen molar-refractivity contribution in [1.29, 1.82) is 0 Å². The van der Waals surface area contributed by atoms with Crippen molar-refractivity contribution in [2.45, 2.75) is 44.2 Å². The molecule has 2 aromatic rings. The molecule has 2 aliphatic heterocycles. The van der Waals surface area contributed by atoms with Crippen molar-refractivity contribution in [3.8, 4) is 11.8 Å². The Morgan fingerprint density at radius 3 is 2.26 bits per heavy atom. The molecule has 0 unspecified atom stereocenters. The predicted molar refractivity (Wildman–Crippen MR) is 95.2 cm³/mol. The predicted octanol–water partition coefficient (Wildman–Crippen LogP) is 4.78. The lowest BCUT2D eigenvalue weighted by molar-refractivity contribution is 0.150. The van der Waals surface area contributed by atoms with Gasteiger partial charge in [0.1, 0.15) is 0 Å². The molecule has 116 valence electrons. The zero-order valence-electron chi connectivity index (χ0n) is 13.5. The summed E-state index contributed by atoms with van der Waals surface area (Å²) in [5.41, 5.74) is 3.65. The van der Waals surface area contributed by atoms with Crippen LogP contribution in [0.5, 0.6) is 0 Å². The second kappa shape index (κ2) is 6.60. The summed E-state index contributed by atoms with van der Waals surface area (Å²) in [6.07, 6.45) is 6.88. The van der Waals surface area contributed by atoms with Crippen molar-refractivity contribution in [3.63, 3.8) is 0 Å². The van der Waals surface area contributed by atoms with Gasteiger partial charge in [-0.25, -0.2) is 0 Å². The van der Waals surface area contributed by atoms with Gasteiger partial charge in [-0.3, -0.25) is 4.90 Å². The van der Waals surface area contributed by atoms with E-state index >= 15 is 0 Å². The molecular weight excluding hydrogens is 278 g/mol. The first-order chi connectivity index (χ1) is 11.4. The molecule has 1 heteroatoms. The van der Waals surface area contributed by atoms with Crippen LogP contribution in [-0.2, 0) is 0 Å². The third kappa shape index (κ3) is 3.19. The van der Waals surface area contributed by atoms with Crippen LogP contribution < -0.4 is 0 Å². The topological polar surface area (TPSA) is 3.24 Å². The Morgan fingerprint density at radius 1 is 0.739 bits per heavy atom. The number of piperidine rings is 1. The fourth-order valence-corrected chi connectivity index (χ4v) is 4.07. The number of rotatable bonds is 1. The van der Waals surface area contributed by atoms with Gasteiger partial charge < -0.3 is 0 Å². The van der Waals surface area contributed by atoms with Crippen molar-refractivity contribution in [3.05, 3.63) is 71.3 Å². The molecular formula is C22H23N. The van der Waals surface area contributed by atoms with Crippen molar-refractivity contribution in [2.75, 3.05) is 6.54 Å². The fraction of sp³-hybridized carbons (Fsp3) is 0.364. The average Bonchev–Trinajstić information content (AvgIpc) is 3.05. The molecule has 2 aliphatic rings. The standard InChI is InChI=1S/C22H23N/c1-2-6-18(7-3-1)9-10-19-11-13-20(14-12-19)22-16-15-21-8-4-5-17-23(21)22/h1-3,6-7,11-14,21-22H,4-5,8,15-17H2/t21-,22+/m1/s1. The van der Waals surface area contributed by atoms with E-state index < -0.39 is 0 Å². The Kier molecular flexibility index (Phi) is 4.18. The third-order valence-electron chi connectivity index (χ3n) is 5.27. The van der Waals surface area contributed by atoms with E-state index in [4.69, 9.17) is 0 Å². The molecule has 0 N–H and O–H groups in total.